The fourth-order valence-corrected chi connectivity index (χ4v) is 2.49. The molecule has 0 unspecified atom stereocenters. The van der Waals surface area contributed by atoms with E-state index in [1.54, 1.807) is 32.2 Å². The van der Waals surface area contributed by atoms with Crippen LogP contribution in [-0.2, 0) is 23.0 Å². The molecular weight excluding hydrogens is 312 g/mol. The van der Waals surface area contributed by atoms with E-state index in [0.29, 0.717) is 11.3 Å². The highest BCUT2D eigenvalue weighted by molar-refractivity contribution is 6.08. The minimum atomic E-state index is -0.551. The van der Waals surface area contributed by atoms with Crippen LogP contribution in [-0.4, -0.2) is 34.2 Å². The normalized spacial score (nSPS) is 12.5. The van der Waals surface area contributed by atoms with Crippen LogP contribution < -0.4 is 10.6 Å². The van der Waals surface area contributed by atoms with Crippen molar-refractivity contribution in [2.45, 2.75) is 13.3 Å². The number of aryl methyl sites for hydroxylation is 1. The van der Waals surface area contributed by atoms with Gasteiger partial charge in [0.15, 0.2) is 0 Å². The summed E-state index contributed by atoms with van der Waals surface area (Å²) in [4.78, 5) is 35.8. The van der Waals surface area contributed by atoms with Crippen LogP contribution in [0.15, 0.2) is 24.4 Å². The first kappa shape index (κ1) is 15.7. The first-order chi connectivity index (χ1) is 11.5. The average molecular weight is 328 g/mol. The van der Waals surface area contributed by atoms with Crippen molar-refractivity contribution in [2.24, 2.45) is 7.05 Å². The monoisotopic (exact) mass is 328 g/mol. The Kier molecular flexibility index (Phi) is 4.03. The Hall–Kier alpha value is -3.16. The molecule has 0 saturated heterocycles. The lowest BCUT2D eigenvalue weighted by Gasteiger charge is -2.09. The number of benzene rings is 1. The van der Waals surface area contributed by atoms with Gasteiger partial charge in [-0.1, -0.05) is 0 Å². The first-order valence-electron chi connectivity index (χ1n) is 7.43. The number of fused-ring (bicyclic) bond motifs is 1. The second-order valence-corrected chi connectivity index (χ2v) is 5.30. The number of rotatable bonds is 4. The summed E-state index contributed by atoms with van der Waals surface area (Å²) >= 11 is 0. The Morgan fingerprint density at radius 3 is 2.96 bits per heavy atom. The van der Waals surface area contributed by atoms with Crippen LogP contribution >= 0.6 is 0 Å². The number of aromatic nitrogens is 2. The van der Waals surface area contributed by atoms with Crippen molar-refractivity contribution < 1.29 is 19.1 Å². The number of anilines is 2. The van der Waals surface area contributed by atoms with Gasteiger partial charge in [0.2, 0.25) is 5.91 Å². The molecule has 1 aromatic carbocycles. The molecule has 24 heavy (non-hydrogen) atoms. The Bertz CT molecular complexity index is 841. The lowest BCUT2D eigenvalue weighted by atomic mass is 10.1. The Balaban J connectivity index is 1.83. The summed E-state index contributed by atoms with van der Waals surface area (Å²) in [6.07, 6.45) is 1.59. The Morgan fingerprint density at radius 2 is 2.21 bits per heavy atom. The number of amides is 2. The summed E-state index contributed by atoms with van der Waals surface area (Å²) in [7, 11) is 1.61. The number of ether oxygens (including phenoxy) is 1. The molecule has 2 N–H and O–H groups in total. The van der Waals surface area contributed by atoms with E-state index < -0.39 is 11.9 Å². The molecule has 3 rings (SSSR count). The molecule has 2 amide bonds. The van der Waals surface area contributed by atoms with Gasteiger partial charge in [-0.3, -0.25) is 14.3 Å². The molecule has 8 heteroatoms. The second kappa shape index (κ2) is 6.15. The van der Waals surface area contributed by atoms with Crippen LogP contribution in [0.4, 0.5) is 11.5 Å². The van der Waals surface area contributed by atoms with E-state index in [4.69, 9.17) is 4.74 Å². The zero-order valence-electron chi connectivity index (χ0n) is 13.3. The van der Waals surface area contributed by atoms with Gasteiger partial charge in [-0.25, -0.2) is 4.79 Å². The van der Waals surface area contributed by atoms with Crippen molar-refractivity contribution >= 4 is 29.3 Å². The fraction of sp³-hybridized carbons (Fsp3) is 0.250. The number of carbonyl (C=O) groups is 3. The number of esters is 1. The molecule has 0 spiro atoms. The molecule has 0 aliphatic carbocycles. The summed E-state index contributed by atoms with van der Waals surface area (Å²) in [5, 5.41) is 9.36. The SMILES string of the molecule is CCOC(=O)c1cnn(C)c1NC(=O)c1ccc2c(c1)CC(=O)N2. The van der Waals surface area contributed by atoms with Crippen LogP contribution in [0, 0.1) is 0 Å². The quantitative estimate of drug-likeness (QED) is 0.825. The molecular formula is C16H16N4O4. The van der Waals surface area contributed by atoms with Crippen LogP contribution in [0.2, 0.25) is 0 Å². The van der Waals surface area contributed by atoms with Gasteiger partial charge in [0.1, 0.15) is 11.4 Å². The van der Waals surface area contributed by atoms with E-state index in [-0.39, 0.29) is 30.3 Å². The van der Waals surface area contributed by atoms with E-state index in [9.17, 15) is 14.4 Å². The van der Waals surface area contributed by atoms with Gasteiger partial charge in [-0.2, -0.15) is 5.10 Å². The molecule has 0 saturated carbocycles. The maximum atomic E-state index is 12.5. The van der Waals surface area contributed by atoms with Gasteiger partial charge in [0.25, 0.3) is 5.91 Å². The zero-order chi connectivity index (χ0) is 17.3. The predicted molar refractivity (Wildman–Crippen MR) is 85.9 cm³/mol. The molecule has 0 radical (unpaired) electrons. The molecule has 8 nitrogen and oxygen atoms in total. The second-order valence-electron chi connectivity index (χ2n) is 5.30. The smallest absolute Gasteiger partial charge is 0.343 e. The fourth-order valence-electron chi connectivity index (χ4n) is 2.49. The van der Waals surface area contributed by atoms with Crippen LogP contribution in [0.3, 0.4) is 0 Å². The van der Waals surface area contributed by atoms with E-state index in [0.717, 1.165) is 5.56 Å². The number of carbonyl (C=O) groups excluding carboxylic acids is 3. The summed E-state index contributed by atoms with van der Waals surface area (Å²) < 4.78 is 6.34. The summed E-state index contributed by atoms with van der Waals surface area (Å²) in [5.74, 6) is -0.789. The van der Waals surface area contributed by atoms with E-state index >= 15 is 0 Å². The third kappa shape index (κ3) is 2.85. The summed E-state index contributed by atoms with van der Waals surface area (Å²) in [5.41, 5.74) is 2.06. The lowest BCUT2D eigenvalue weighted by Crippen LogP contribution is -2.17. The lowest BCUT2D eigenvalue weighted by molar-refractivity contribution is -0.115. The van der Waals surface area contributed by atoms with Crippen molar-refractivity contribution in [3.05, 3.63) is 41.1 Å². The minimum Gasteiger partial charge on any atom is -0.462 e. The topological polar surface area (TPSA) is 102 Å². The molecule has 1 aromatic heterocycles. The van der Waals surface area contributed by atoms with Gasteiger partial charge in [-0.05, 0) is 30.7 Å². The number of nitrogens with zero attached hydrogens (tertiary/aromatic N) is 2. The minimum absolute atomic E-state index is 0.0983. The molecule has 0 bridgehead atoms. The van der Waals surface area contributed by atoms with Gasteiger partial charge < -0.3 is 15.4 Å². The highest BCUT2D eigenvalue weighted by Gasteiger charge is 2.22. The van der Waals surface area contributed by atoms with Gasteiger partial charge in [-0.15, -0.1) is 0 Å². The Labute approximate surface area is 137 Å². The van der Waals surface area contributed by atoms with Crippen molar-refractivity contribution in [3.63, 3.8) is 0 Å². The van der Waals surface area contributed by atoms with Crippen molar-refractivity contribution in [1.29, 1.82) is 0 Å². The largest absolute Gasteiger partial charge is 0.462 e. The molecule has 0 atom stereocenters. The van der Waals surface area contributed by atoms with Gasteiger partial charge in [0.05, 0.1) is 19.2 Å². The third-order valence-electron chi connectivity index (χ3n) is 3.66. The van der Waals surface area contributed by atoms with E-state index in [1.807, 2.05) is 0 Å². The molecule has 124 valence electrons. The van der Waals surface area contributed by atoms with E-state index in [1.165, 1.54) is 10.9 Å². The highest BCUT2D eigenvalue weighted by atomic mass is 16.5. The Morgan fingerprint density at radius 1 is 1.42 bits per heavy atom. The number of hydrogen-bond acceptors (Lipinski definition) is 5. The van der Waals surface area contributed by atoms with Crippen LogP contribution in [0.25, 0.3) is 0 Å². The third-order valence-corrected chi connectivity index (χ3v) is 3.66. The summed E-state index contributed by atoms with van der Waals surface area (Å²) in [6, 6.07) is 4.95. The number of nitrogens with one attached hydrogen (secondary N) is 2. The molecule has 0 fully saturated rings. The highest BCUT2D eigenvalue weighted by Crippen LogP contribution is 2.24. The van der Waals surface area contributed by atoms with Crippen molar-refractivity contribution in [2.75, 3.05) is 17.2 Å². The predicted octanol–water partition coefficient (Wildman–Crippen LogP) is 1.34. The van der Waals surface area contributed by atoms with E-state index in [2.05, 4.69) is 15.7 Å². The molecule has 1 aliphatic rings. The first-order valence-corrected chi connectivity index (χ1v) is 7.43. The molecule has 2 aromatic rings. The molecule has 2 heterocycles. The average Bonchev–Trinajstić information content (AvgIpc) is 3.09. The number of hydrogen-bond donors (Lipinski definition) is 2. The van der Waals surface area contributed by atoms with Crippen LogP contribution in [0.1, 0.15) is 33.2 Å². The van der Waals surface area contributed by atoms with Gasteiger partial charge >= 0.3 is 5.97 Å². The maximum absolute atomic E-state index is 12.5. The maximum Gasteiger partial charge on any atom is 0.343 e. The van der Waals surface area contributed by atoms with Crippen molar-refractivity contribution in [1.82, 2.24) is 9.78 Å². The van der Waals surface area contributed by atoms with Gasteiger partial charge in [0, 0.05) is 18.3 Å². The zero-order valence-corrected chi connectivity index (χ0v) is 13.3. The van der Waals surface area contributed by atoms with Crippen LogP contribution in [0.5, 0.6) is 0 Å². The summed E-state index contributed by atoms with van der Waals surface area (Å²) in [6.45, 7) is 1.93. The van der Waals surface area contributed by atoms with Crippen molar-refractivity contribution in [3.8, 4) is 0 Å². The molecule has 1 aliphatic heterocycles. The standard InChI is InChI=1S/C16H16N4O4/c1-3-24-16(23)11-8-17-20(2)14(11)19-15(22)9-4-5-12-10(6-9)7-13(21)18-12/h4-6,8H,3,7H2,1-2H3,(H,18,21)(H,19,22).